The maximum Gasteiger partial charge on any atom is 0.226 e. The minimum Gasteiger partial charge on any atom is -0.356 e. The zero-order chi connectivity index (χ0) is 18.2. The molecule has 0 radical (unpaired) electrons. The highest BCUT2D eigenvalue weighted by molar-refractivity contribution is 5.79. The van der Waals surface area contributed by atoms with E-state index in [4.69, 9.17) is 0 Å². The number of fused-ring (bicyclic) bond motifs is 2. The molecule has 4 heterocycles. The fourth-order valence-corrected chi connectivity index (χ4v) is 4.28. The molecule has 0 N–H and O–H groups in total. The number of amides is 1. The molecule has 0 atom stereocenters. The molecule has 1 saturated heterocycles. The van der Waals surface area contributed by atoms with Crippen molar-refractivity contribution in [2.75, 3.05) is 24.5 Å². The Morgan fingerprint density at radius 2 is 1.81 bits per heavy atom. The summed E-state index contributed by atoms with van der Waals surface area (Å²) < 4.78 is 1.77. The van der Waals surface area contributed by atoms with Crippen molar-refractivity contribution in [1.82, 2.24) is 19.5 Å². The Bertz CT molecular complexity index is 973. The lowest BCUT2D eigenvalue weighted by Crippen LogP contribution is -2.44. The highest BCUT2D eigenvalue weighted by atomic mass is 16.2. The van der Waals surface area contributed by atoms with Gasteiger partial charge in [-0.25, -0.2) is 9.50 Å². The number of carbonyl (C=O) groups excluding carboxylic acids is 1. The average Bonchev–Trinajstić information content (AvgIpc) is 3.21. The monoisotopic (exact) mass is 361 g/mol. The Hall–Kier alpha value is -2.89. The lowest BCUT2D eigenvalue weighted by atomic mass is 9.93. The number of rotatable bonds is 2. The first kappa shape index (κ1) is 16.3. The molecule has 138 valence electrons. The molecule has 2 aliphatic rings. The highest BCUT2D eigenvalue weighted by Crippen LogP contribution is 2.26. The smallest absolute Gasteiger partial charge is 0.226 e. The SMILES string of the molecule is O=C(C1CCN(c2ccn3nccc3n2)CC1)N1CCc2ccccc2C1. The van der Waals surface area contributed by atoms with Crippen molar-refractivity contribution in [3.8, 4) is 0 Å². The van der Waals surface area contributed by atoms with Crippen LogP contribution in [0.25, 0.3) is 5.65 Å². The molecule has 6 heteroatoms. The zero-order valence-corrected chi connectivity index (χ0v) is 15.3. The molecule has 1 fully saturated rings. The van der Waals surface area contributed by atoms with Crippen LogP contribution in [-0.4, -0.2) is 45.0 Å². The molecule has 1 aromatic carbocycles. The van der Waals surface area contributed by atoms with Gasteiger partial charge in [0.1, 0.15) is 5.82 Å². The normalized spacial score (nSPS) is 17.9. The molecule has 0 saturated carbocycles. The van der Waals surface area contributed by atoms with Gasteiger partial charge in [0.2, 0.25) is 5.91 Å². The molecule has 0 bridgehead atoms. The van der Waals surface area contributed by atoms with Crippen molar-refractivity contribution in [3.05, 3.63) is 59.9 Å². The maximum atomic E-state index is 13.0. The highest BCUT2D eigenvalue weighted by Gasteiger charge is 2.30. The Labute approximate surface area is 158 Å². The number of hydrogen-bond acceptors (Lipinski definition) is 4. The minimum absolute atomic E-state index is 0.130. The van der Waals surface area contributed by atoms with E-state index in [-0.39, 0.29) is 5.92 Å². The molecule has 0 unspecified atom stereocenters. The van der Waals surface area contributed by atoms with Gasteiger partial charge in [0.05, 0.1) is 6.20 Å². The number of anilines is 1. The first-order valence-corrected chi connectivity index (χ1v) is 9.69. The summed E-state index contributed by atoms with van der Waals surface area (Å²) >= 11 is 0. The van der Waals surface area contributed by atoms with Crippen LogP contribution in [-0.2, 0) is 17.8 Å². The van der Waals surface area contributed by atoms with E-state index in [2.05, 4.69) is 44.1 Å². The molecule has 2 aromatic heterocycles. The molecule has 6 nitrogen and oxygen atoms in total. The molecule has 3 aromatic rings. The topological polar surface area (TPSA) is 53.7 Å². The summed E-state index contributed by atoms with van der Waals surface area (Å²) in [6, 6.07) is 12.4. The quantitative estimate of drug-likeness (QED) is 0.704. The number of benzene rings is 1. The third kappa shape index (κ3) is 3.05. The van der Waals surface area contributed by atoms with E-state index in [1.807, 2.05) is 18.3 Å². The summed E-state index contributed by atoms with van der Waals surface area (Å²) in [7, 11) is 0. The van der Waals surface area contributed by atoms with Crippen molar-refractivity contribution >= 4 is 17.4 Å². The van der Waals surface area contributed by atoms with Gasteiger partial charge < -0.3 is 9.80 Å². The van der Waals surface area contributed by atoms with E-state index < -0.39 is 0 Å². The van der Waals surface area contributed by atoms with Crippen LogP contribution in [0.1, 0.15) is 24.0 Å². The number of carbonyl (C=O) groups is 1. The second kappa shape index (κ2) is 6.68. The van der Waals surface area contributed by atoms with Gasteiger partial charge in [0.25, 0.3) is 0 Å². The van der Waals surface area contributed by atoms with Crippen LogP contribution in [0, 0.1) is 5.92 Å². The molecule has 27 heavy (non-hydrogen) atoms. The summed E-state index contributed by atoms with van der Waals surface area (Å²) in [4.78, 5) is 22.0. The van der Waals surface area contributed by atoms with E-state index in [9.17, 15) is 4.79 Å². The molecule has 0 spiro atoms. The Kier molecular flexibility index (Phi) is 4.03. The average molecular weight is 361 g/mol. The van der Waals surface area contributed by atoms with Crippen molar-refractivity contribution in [1.29, 1.82) is 0 Å². The van der Waals surface area contributed by atoms with E-state index >= 15 is 0 Å². The number of nitrogens with zero attached hydrogens (tertiary/aromatic N) is 5. The van der Waals surface area contributed by atoms with Gasteiger partial charge in [-0.3, -0.25) is 4.79 Å². The number of piperidine rings is 1. The number of hydrogen-bond donors (Lipinski definition) is 0. The minimum atomic E-state index is 0.130. The third-order valence-electron chi connectivity index (χ3n) is 5.85. The van der Waals surface area contributed by atoms with Crippen LogP contribution >= 0.6 is 0 Å². The Morgan fingerprint density at radius 3 is 2.67 bits per heavy atom. The first-order valence-electron chi connectivity index (χ1n) is 9.69. The van der Waals surface area contributed by atoms with Crippen molar-refractivity contribution < 1.29 is 4.79 Å². The Morgan fingerprint density at radius 1 is 1.00 bits per heavy atom. The van der Waals surface area contributed by atoms with Gasteiger partial charge in [-0.05, 0) is 36.5 Å². The predicted molar refractivity (Wildman–Crippen MR) is 103 cm³/mol. The van der Waals surface area contributed by atoms with Crippen LogP contribution in [0.15, 0.2) is 48.8 Å². The second-order valence-electron chi connectivity index (χ2n) is 7.46. The van der Waals surface area contributed by atoms with Crippen molar-refractivity contribution in [2.24, 2.45) is 5.92 Å². The predicted octanol–water partition coefficient (Wildman–Crippen LogP) is 2.53. The summed E-state index contributed by atoms with van der Waals surface area (Å²) in [5.74, 6) is 1.43. The summed E-state index contributed by atoms with van der Waals surface area (Å²) in [6.45, 7) is 3.35. The summed E-state index contributed by atoms with van der Waals surface area (Å²) in [5.41, 5.74) is 3.54. The summed E-state index contributed by atoms with van der Waals surface area (Å²) in [6.07, 6.45) is 6.45. The van der Waals surface area contributed by atoms with Gasteiger partial charge in [0.15, 0.2) is 5.65 Å². The van der Waals surface area contributed by atoms with Crippen molar-refractivity contribution in [3.63, 3.8) is 0 Å². The molecule has 5 rings (SSSR count). The first-order chi connectivity index (χ1) is 13.3. The van der Waals surface area contributed by atoms with Crippen LogP contribution in [0.2, 0.25) is 0 Å². The molecule has 0 aliphatic carbocycles. The number of aromatic nitrogens is 3. The van der Waals surface area contributed by atoms with Crippen LogP contribution in [0.4, 0.5) is 5.82 Å². The third-order valence-corrected chi connectivity index (χ3v) is 5.85. The van der Waals surface area contributed by atoms with Gasteiger partial charge in [0, 0.05) is 44.4 Å². The van der Waals surface area contributed by atoms with Crippen molar-refractivity contribution in [2.45, 2.75) is 25.8 Å². The maximum absolute atomic E-state index is 13.0. The summed E-state index contributed by atoms with van der Waals surface area (Å²) in [5, 5.41) is 4.19. The van der Waals surface area contributed by atoms with E-state index in [1.54, 1.807) is 10.7 Å². The van der Waals surface area contributed by atoms with Gasteiger partial charge in [-0.15, -0.1) is 0 Å². The van der Waals surface area contributed by atoms with Crippen LogP contribution < -0.4 is 4.90 Å². The molecule has 2 aliphatic heterocycles. The van der Waals surface area contributed by atoms with Gasteiger partial charge >= 0.3 is 0 Å². The van der Waals surface area contributed by atoms with Crippen LogP contribution in [0.3, 0.4) is 0 Å². The fraction of sp³-hybridized carbons (Fsp3) is 0.381. The lowest BCUT2D eigenvalue weighted by molar-refractivity contribution is -0.137. The molecular weight excluding hydrogens is 338 g/mol. The van der Waals surface area contributed by atoms with E-state index in [0.717, 1.165) is 56.9 Å². The zero-order valence-electron chi connectivity index (χ0n) is 15.3. The van der Waals surface area contributed by atoms with Gasteiger partial charge in [-0.1, -0.05) is 24.3 Å². The van der Waals surface area contributed by atoms with Crippen LogP contribution in [0.5, 0.6) is 0 Å². The molecular formula is C21H23N5O. The van der Waals surface area contributed by atoms with E-state index in [0.29, 0.717) is 5.91 Å². The fourth-order valence-electron chi connectivity index (χ4n) is 4.28. The largest absolute Gasteiger partial charge is 0.356 e. The lowest BCUT2D eigenvalue weighted by Gasteiger charge is -2.36. The van der Waals surface area contributed by atoms with E-state index in [1.165, 1.54) is 11.1 Å². The Balaban J connectivity index is 1.23. The second-order valence-corrected chi connectivity index (χ2v) is 7.46. The standard InChI is InChI=1S/C21H23N5O/c27-21(25-13-6-16-3-1-2-4-18(16)15-25)17-7-11-24(12-8-17)19-9-14-26-20(23-19)5-10-22-26/h1-5,9-10,14,17H,6-8,11-13,15H2. The molecule has 1 amide bonds. The van der Waals surface area contributed by atoms with Gasteiger partial charge in [-0.2, -0.15) is 5.10 Å².